The minimum atomic E-state index is -0.801. The van der Waals surface area contributed by atoms with Gasteiger partial charge >= 0.3 is 0 Å². The van der Waals surface area contributed by atoms with Gasteiger partial charge < -0.3 is 9.47 Å². The summed E-state index contributed by atoms with van der Waals surface area (Å²) in [6.07, 6.45) is 2.67. The van der Waals surface area contributed by atoms with Crippen LogP contribution in [0.15, 0.2) is 0 Å². The summed E-state index contributed by atoms with van der Waals surface area (Å²) in [5, 5.41) is 0. The van der Waals surface area contributed by atoms with Crippen molar-refractivity contribution in [3.05, 3.63) is 0 Å². The van der Waals surface area contributed by atoms with E-state index in [-0.39, 0.29) is 5.79 Å². The molecule has 1 unspecified atom stereocenters. The maximum Gasteiger partial charge on any atom is 0.171 e. The Morgan fingerprint density at radius 3 is 2.40 bits per heavy atom. The summed E-state index contributed by atoms with van der Waals surface area (Å²) in [6, 6.07) is 0. The van der Waals surface area contributed by atoms with Crippen molar-refractivity contribution in [2.75, 3.05) is 32.1 Å². The molecule has 88 valence electrons. The molecule has 0 amide bonds. The van der Waals surface area contributed by atoms with Crippen LogP contribution in [0.4, 0.5) is 0 Å². The first kappa shape index (κ1) is 11.5. The van der Waals surface area contributed by atoms with Crippen LogP contribution in [0.5, 0.6) is 0 Å². The molecule has 0 aromatic carbocycles. The van der Waals surface area contributed by atoms with Crippen molar-refractivity contribution in [2.24, 2.45) is 0 Å². The number of hydrogen-bond acceptors (Lipinski definition) is 3. The summed E-state index contributed by atoms with van der Waals surface area (Å²) >= 11 is 0. The Balaban J connectivity index is 1.83. The Morgan fingerprint density at radius 1 is 1.27 bits per heavy atom. The van der Waals surface area contributed by atoms with E-state index in [9.17, 15) is 4.21 Å². The van der Waals surface area contributed by atoms with Gasteiger partial charge in [-0.2, -0.15) is 0 Å². The van der Waals surface area contributed by atoms with Crippen LogP contribution in [0.1, 0.15) is 26.2 Å². The van der Waals surface area contributed by atoms with E-state index in [4.69, 9.17) is 9.47 Å². The van der Waals surface area contributed by atoms with Crippen LogP contribution in [-0.4, -0.2) is 46.4 Å². The molecular weight excluding hydrogens is 214 g/mol. The van der Waals surface area contributed by atoms with E-state index in [1.54, 1.807) is 0 Å². The fourth-order valence-electron chi connectivity index (χ4n) is 2.12. The zero-order valence-corrected chi connectivity index (χ0v) is 10.1. The molecule has 15 heavy (non-hydrogen) atoms. The van der Waals surface area contributed by atoms with Crippen LogP contribution in [0.25, 0.3) is 0 Å². The predicted molar refractivity (Wildman–Crippen MR) is 58.7 cm³/mol. The van der Waals surface area contributed by atoms with E-state index in [1.807, 2.05) is 4.31 Å². The molecule has 2 rings (SSSR count). The maximum absolute atomic E-state index is 11.8. The quantitative estimate of drug-likeness (QED) is 0.727. The monoisotopic (exact) mass is 233 g/mol. The highest BCUT2D eigenvalue weighted by molar-refractivity contribution is 7.82. The van der Waals surface area contributed by atoms with Crippen molar-refractivity contribution < 1.29 is 13.7 Å². The third-order valence-electron chi connectivity index (χ3n) is 2.96. The normalized spacial score (nSPS) is 28.3. The number of rotatable bonds is 3. The zero-order valence-electron chi connectivity index (χ0n) is 9.24. The van der Waals surface area contributed by atoms with Gasteiger partial charge in [-0.15, -0.1) is 0 Å². The molecule has 1 spiro atoms. The van der Waals surface area contributed by atoms with Crippen molar-refractivity contribution in [1.82, 2.24) is 4.31 Å². The molecule has 1 atom stereocenters. The standard InChI is InChI=1S/C10H19NO3S/c1-2-9-15(12)11-5-3-10(4-6-11)13-7-8-14-10/h2-9H2,1H3. The highest BCUT2D eigenvalue weighted by Gasteiger charge is 2.40. The Morgan fingerprint density at radius 2 is 1.87 bits per heavy atom. The van der Waals surface area contributed by atoms with Crippen molar-refractivity contribution in [3.63, 3.8) is 0 Å². The molecule has 2 aliphatic heterocycles. The van der Waals surface area contributed by atoms with E-state index in [1.165, 1.54) is 0 Å². The highest BCUT2D eigenvalue weighted by atomic mass is 32.2. The minimum Gasteiger partial charge on any atom is -0.347 e. The van der Waals surface area contributed by atoms with E-state index in [0.29, 0.717) is 13.2 Å². The van der Waals surface area contributed by atoms with Gasteiger partial charge in [0.15, 0.2) is 5.79 Å². The highest BCUT2D eigenvalue weighted by Crippen LogP contribution is 2.31. The minimum absolute atomic E-state index is 0.340. The van der Waals surface area contributed by atoms with Gasteiger partial charge in [0.25, 0.3) is 0 Å². The topological polar surface area (TPSA) is 38.8 Å². The van der Waals surface area contributed by atoms with Crippen molar-refractivity contribution in [1.29, 1.82) is 0 Å². The van der Waals surface area contributed by atoms with Crippen LogP contribution < -0.4 is 0 Å². The van der Waals surface area contributed by atoms with Crippen LogP contribution in [0.3, 0.4) is 0 Å². The second-order valence-electron chi connectivity index (χ2n) is 4.06. The fourth-order valence-corrected chi connectivity index (χ4v) is 3.32. The summed E-state index contributed by atoms with van der Waals surface area (Å²) in [7, 11) is -0.801. The number of ether oxygens (including phenoxy) is 2. The van der Waals surface area contributed by atoms with Crippen LogP contribution in [0, 0.1) is 0 Å². The van der Waals surface area contributed by atoms with E-state index < -0.39 is 11.0 Å². The van der Waals surface area contributed by atoms with E-state index in [2.05, 4.69) is 6.92 Å². The first-order valence-electron chi connectivity index (χ1n) is 5.67. The molecule has 0 aromatic heterocycles. The fraction of sp³-hybridized carbons (Fsp3) is 1.00. The lowest BCUT2D eigenvalue weighted by Gasteiger charge is -2.36. The number of hydrogen-bond donors (Lipinski definition) is 0. The largest absolute Gasteiger partial charge is 0.347 e. The summed E-state index contributed by atoms with van der Waals surface area (Å²) < 4.78 is 25.0. The molecule has 2 heterocycles. The molecule has 5 heteroatoms. The molecule has 0 bridgehead atoms. The lowest BCUT2D eigenvalue weighted by molar-refractivity contribution is -0.179. The van der Waals surface area contributed by atoms with Crippen molar-refractivity contribution in [3.8, 4) is 0 Å². The molecule has 0 aliphatic carbocycles. The summed E-state index contributed by atoms with van der Waals surface area (Å²) in [5.74, 6) is 0.432. The molecule has 0 N–H and O–H groups in total. The van der Waals surface area contributed by atoms with Gasteiger partial charge in [-0.05, 0) is 6.42 Å². The van der Waals surface area contributed by atoms with Crippen LogP contribution in [0.2, 0.25) is 0 Å². The number of piperidine rings is 1. The average molecular weight is 233 g/mol. The molecule has 4 nitrogen and oxygen atoms in total. The van der Waals surface area contributed by atoms with Gasteiger partial charge in [-0.1, -0.05) is 6.92 Å². The van der Waals surface area contributed by atoms with Gasteiger partial charge in [-0.3, -0.25) is 0 Å². The summed E-state index contributed by atoms with van der Waals surface area (Å²) in [6.45, 7) is 5.13. The molecule has 0 saturated carbocycles. The Hall–Kier alpha value is 0.0300. The maximum atomic E-state index is 11.8. The first-order valence-corrected chi connectivity index (χ1v) is 6.95. The summed E-state index contributed by atoms with van der Waals surface area (Å²) in [5.41, 5.74) is 0. The smallest absolute Gasteiger partial charge is 0.171 e. The van der Waals surface area contributed by atoms with E-state index >= 15 is 0 Å². The van der Waals surface area contributed by atoms with Gasteiger partial charge in [0, 0.05) is 31.7 Å². The summed E-state index contributed by atoms with van der Waals surface area (Å²) in [4.78, 5) is 0. The molecule has 0 radical (unpaired) electrons. The Kier molecular flexibility index (Phi) is 3.77. The van der Waals surface area contributed by atoms with Gasteiger partial charge in [0.2, 0.25) is 0 Å². The third-order valence-corrected chi connectivity index (χ3v) is 4.66. The third kappa shape index (κ3) is 2.58. The molecule has 2 saturated heterocycles. The molecule has 2 fully saturated rings. The average Bonchev–Trinajstić information content (AvgIpc) is 2.68. The van der Waals surface area contributed by atoms with E-state index in [0.717, 1.165) is 38.1 Å². The predicted octanol–water partition coefficient (Wildman–Crippen LogP) is 0.899. The van der Waals surface area contributed by atoms with Crippen LogP contribution >= 0.6 is 0 Å². The van der Waals surface area contributed by atoms with Gasteiger partial charge in [0.1, 0.15) is 0 Å². The van der Waals surface area contributed by atoms with Crippen LogP contribution in [-0.2, 0) is 20.5 Å². The molecule has 0 aromatic rings. The zero-order chi connectivity index (χ0) is 10.7. The Bertz CT molecular complexity index is 231. The van der Waals surface area contributed by atoms with Crippen molar-refractivity contribution >= 4 is 11.0 Å². The van der Waals surface area contributed by atoms with Gasteiger partial charge in [-0.25, -0.2) is 8.51 Å². The second kappa shape index (κ2) is 4.91. The van der Waals surface area contributed by atoms with Crippen molar-refractivity contribution in [2.45, 2.75) is 32.0 Å². The first-order chi connectivity index (χ1) is 7.26. The number of nitrogens with zero attached hydrogens (tertiary/aromatic N) is 1. The lowest BCUT2D eigenvalue weighted by atomic mass is 10.1. The lowest BCUT2D eigenvalue weighted by Crippen LogP contribution is -2.46. The Labute approximate surface area is 93.5 Å². The molecular formula is C10H19NO3S. The second-order valence-corrected chi connectivity index (χ2v) is 5.63. The van der Waals surface area contributed by atoms with Gasteiger partial charge in [0.05, 0.1) is 24.2 Å². The SMILES string of the molecule is CCCS(=O)N1CCC2(CC1)OCCO2. The molecule has 2 aliphatic rings.